The minimum atomic E-state index is 0.243. The van der Waals surface area contributed by atoms with Gasteiger partial charge in [-0.2, -0.15) is 0 Å². The number of nitrogens with zero attached hydrogens (tertiary/aromatic N) is 1. The molecule has 1 saturated carbocycles. The minimum Gasteiger partial charge on any atom is -0.254 e. The number of aryl methyl sites for hydroxylation is 5. The van der Waals surface area contributed by atoms with Crippen molar-refractivity contribution in [3.8, 4) is 22.3 Å². The van der Waals surface area contributed by atoms with Crippen molar-refractivity contribution in [2.75, 3.05) is 0 Å². The van der Waals surface area contributed by atoms with E-state index < -0.39 is 0 Å². The molecule has 2 heterocycles. The third-order valence-corrected chi connectivity index (χ3v) is 13.2. The maximum absolute atomic E-state index is 4.91. The molecular weight excluding hydrogens is 621 g/mol. The molecule has 4 aromatic rings. The van der Waals surface area contributed by atoms with Crippen LogP contribution in [0.15, 0.2) is 110 Å². The topological polar surface area (TPSA) is 12.4 Å². The van der Waals surface area contributed by atoms with E-state index in [-0.39, 0.29) is 6.71 Å². The molecule has 1 fully saturated rings. The molecule has 2 aliphatic carbocycles. The van der Waals surface area contributed by atoms with Gasteiger partial charge in [-0.15, -0.1) is 0 Å². The quantitative estimate of drug-likeness (QED) is 0.192. The first-order valence-electron chi connectivity index (χ1n) is 18.8. The second kappa shape index (κ2) is 13.1. The lowest BCUT2D eigenvalue weighted by Gasteiger charge is -2.39. The Morgan fingerprint density at radius 3 is 2.08 bits per heavy atom. The van der Waals surface area contributed by atoms with Gasteiger partial charge in [-0.25, -0.2) is 0 Å². The zero-order chi connectivity index (χ0) is 34.8. The third kappa shape index (κ3) is 5.80. The van der Waals surface area contributed by atoms with Crippen molar-refractivity contribution in [3.05, 3.63) is 133 Å². The van der Waals surface area contributed by atoms with Crippen molar-refractivity contribution >= 4 is 35.6 Å². The lowest BCUT2D eigenvalue weighted by atomic mass is 9.31. The van der Waals surface area contributed by atoms with Crippen LogP contribution in [0, 0.1) is 46.5 Å². The van der Waals surface area contributed by atoms with Gasteiger partial charge in [-0.3, -0.25) is 4.99 Å². The molecule has 0 amide bonds. The number of fused-ring (bicyclic) bond motifs is 2. The number of benzene rings is 4. The summed E-state index contributed by atoms with van der Waals surface area (Å²) in [6, 6.07) is 26.1. The Hall–Kier alpha value is -3.82. The van der Waals surface area contributed by atoms with Gasteiger partial charge in [0.1, 0.15) is 5.03 Å². The summed E-state index contributed by atoms with van der Waals surface area (Å²) in [6.45, 7) is 18.9. The van der Waals surface area contributed by atoms with Crippen LogP contribution in [0.4, 0.5) is 0 Å². The second-order valence-corrected chi connectivity index (χ2v) is 17.0. The molecule has 2 aliphatic heterocycles. The van der Waals surface area contributed by atoms with Crippen LogP contribution in [-0.2, 0) is 0 Å². The van der Waals surface area contributed by atoms with E-state index >= 15 is 0 Å². The Morgan fingerprint density at radius 1 is 0.720 bits per heavy atom. The van der Waals surface area contributed by atoms with Crippen LogP contribution in [0.2, 0.25) is 0 Å². The van der Waals surface area contributed by atoms with E-state index in [2.05, 4.69) is 134 Å². The Kier molecular flexibility index (Phi) is 8.71. The van der Waals surface area contributed by atoms with E-state index in [1.807, 2.05) is 11.8 Å². The molecule has 3 unspecified atom stereocenters. The largest absolute Gasteiger partial charge is 0.254 e. The number of allylic oxidation sites excluding steroid dienone is 5. The Morgan fingerprint density at radius 2 is 1.38 bits per heavy atom. The normalized spacial score (nSPS) is 21.2. The molecule has 1 nitrogen and oxygen atoms in total. The molecule has 0 N–H and O–H groups in total. The van der Waals surface area contributed by atoms with E-state index in [0.29, 0.717) is 17.8 Å². The first-order chi connectivity index (χ1) is 24.1. The van der Waals surface area contributed by atoms with Crippen LogP contribution >= 0.6 is 11.8 Å². The smallest absolute Gasteiger partial charge is 0.239 e. The number of hydrogen-bond donors (Lipinski definition) is 0. The van der Waals surface area contributed by atoms with Gasteiger partial charge >= 0.3 is 0 Å². The maximum Gasteiger partial charge on any atom is 0.239 e. The zero-order valence-corrected chi connectivity index (χ0v) is 32.0. The summed E-state index contributed by atoms with van der Waals surface area (Å²) in [6.07, 6.45) is 10.8. The highest BCUT2D eigenvalue weighted by Gasteiger charge is 2.38. The van der Waals surface area contributed by atoms with Crippen LogP contribution < -0.4 is 10.9 Å². The first-order valence-corrected chi connectivity index (χ1v) is 19.6. The predicted octanol–water partition coefficient (Wildman–Crippen LogP) is 11.7. The fraction of sp³-hybridized carbons (Fsp3) is 0.340. The van der Waals surface area contributed by atoms with Gasteiger partial charge in [-0.1, -0.05) is 141 Å². The van der Waals surface area contributed by atoms with E-state index in [4.69, 9.17) is 4.99 Å². The highest BCUT2D eigenvalue weighted by atomic mass is 32.2. The van der Waals surface area contributed by atoms with Gasteiger partial charge in [0, 0.05) is 17.0 Å². The van der Waals surface area contributed by atoms with Gasteiger partial charge in [0.25, 0.3) is 0 Å². The summed E-state index contributed by atoms with van der Waals surface area (Å²) in [7, 11) is 0. The number of aliphatic imine (C=N–C) groups is 1. The van der Waals surface area contributed by atoms with Gasteiger partial charge in [0.05, 0.1) is 0 Å². The van der Waals surface area contributed by atoms with Crippen LogP contribution in [0.1, 0.15) is 92.2 Å². The summed E-state index contributed by atoms with van der Waals surface area (Å²) in [5.41, 5.74) is 22.7. The van der Waals surface area contributed by atoms with Gasteiger partial charge < -0.3 is 0 Å². The van der Waals surface area contributed by atoms with Gasteiger partial charge in [0.2, 0.25) is 6.71 Å². The van der Waals surface area contributed by atoms with E-state index in [9.17, 15) is 0 Å². The molecule has 0 bridgehead atoms. The second-order valence-electron chi connectivity index (χ2n) is 15.9. The fourth-order valence-corrected chi connectivity index (χ4v) is 11.5. The molecule has 0 spiro atoms. The molecule has 252 valence electrons. The SMILES string of the molecule is CC1=CC(C)=C(B(c2c(C)cc(C)cc2C)c2c(C)cc(-c3cccc(-c4ccc5c(c4)SC4=C6C(CC=N4)CCCC65)c3)cc2C)C(C)C1. The first kappa shape index (κ1) is 33.3. The highest BCUT2D eigenvalue weighted by Crippen LogP contribution is 2.55. The van der Waals surface area contributed by atoms with E-state index in [1.165, 1.54) is 107 Å². The number of hydrogen-bond acceptors (Lipinski definition) is 2. The van der Waals surface area contributed by atoms with Crippen molar-refractivity contribution in [3.63, 3.8) is 0 Å². The lowest BCUT2D eigenvalue weighted by Crippen LogP contribution is -2.51. The fourth-order valence-electron chi connectivity index (χ4n) is 10.3. The molecular formula is C47H50BNS. The zero-order valence-electron chi connectivity index (χ0n) is 31.2. The number of rotatable bonds is 5. The van der Waals surface area contributed by atoms with E-state index in [1.54, 1.807) is 11.0 Å². The summed E-state index contributed by atoms with van der Waals surface area (Å²) >= 11 is 1.90. The molecule has 3 atom stereocenters. The highest BCUT2D eigenvalue weighted by molar-refractivity contribution is 8.03. The monoisotopic (exact) mass is 671 g/mol. The molecule has 3 heteroatoms. The molecule has 8 rings (SSSR count). The summed E-state index contributed by atoms with van der Waals surface area (Å²) in [5, 5.41) is 1.28. The maximum atomic E-state index is 4.91. The molecule has 4 aliphatic rings. The van der Waals surface area contributed by atoms with E-state index in [0.717, 1.165) is 12.8 Å². The van der Waals surface area contributed by atoms with Gasteiger partial charge in [0.15, 0.2) is 0 Å². The lowest BCUT2D eigenvalue weighted by molar-refractivity contribution is 0.421. The predicted molar refractivity (Wildman–Crippen MR) is 219 cm³/mol. The van der Waals surface area contributed by atoms with Crippen molar-refractivity contribution in [2.45, 2.75) is 98.3 Å². The average molecular weight is 672 g/mol. The molecule has 4 aromatic carbocycles. The van der Waals surface area contributed by atoms with Crippen molar-refractivity contribution in [1.29, 1.82) is 0 Å². The molecule has 0 aromatic heterocycles. The molecule has 0 saturated heterocycles. The Bertz CT molecular complexity index is 2130. The van der Waals surface area contributed by atoms with Crippen molar-refractivity contribution < 1.29 is 0 Å². The minimum absolute atomic E-state index is 0.243. The van der Waals surface area contributed by atoms with Crippen molar-refractivity contribution in [1.82, 2.24) is 0 Å². The summed E-state index contributed by atoms with van der Waals surface area (Å²) in [5.74, 6) is 1.75. The van der Waals surface area contributed by atoms with Crippen LogP contribution in [0.5, 0.6) is 0 Å². The summed E-state index contributed by atoms with van der Waals surface area (Å²) < 4.78 is 0. The van der Waals surface area contributed by atoms with Crippen LogP contribution in [0.3, 0.4) is 0 Å². The standard InChI is InChI=1S/C47H50BNS/c1-27-19-29(3)44(30(4)20-27)48(45-31(5)21-28(2)22-32(45)6)46-33(7)23-39(24-34(46)8)37-13-9-12-36(25-37)38-15-16-40-41-14-10-11-35-17-18-49-47(43(35)41)50-42(40)26-38/h9,12-13,15-16,18-21,23-26,32,35,41H,10-11,14,17,22H2,1-8H3. The van der Waals surface area contributed by atoms with Gasteiger partial charge in [-0.05, 0) is 132 Å². The van der Waals surface area contributed by atoms with Crippen LogP contribution in [-0.4, -0.2) is 12.9 Å². The Labute approximate surface area is 305 Å². The average Bonchev–Trinajstić information content (AvgIpc) is 3.07. The Balaban J connectivity index is 1.18. The van der Waals surface area contributed by atoms with Crippen molar-refractivity contribution in [2.24, 2.45) is 16.8 Å². The molecule has 0 radical (unpaired) electrons. The van der Waals surface area contributed by atoms with Crippen LogP contribution in [0.25, 0.3) is 22.3 Å². The summed E-state index contributed by atoms with van der Waals surface area (Å²) in [4.78, 5) is 6.31. The molecule has 50 heavy (non-hydrogen) atoms. The number of thioether (sulfide) groups is 1. The third-order valence-electron chi connectivity index (χ3n) is 12.1.